The van der Waals surface area contributed by atoms with E-state index in [1.54, 1.807) is 19.5 Å². The molecule has 2 heterocycles. The van der Waals surface area contributed by atoms with Gasteiger partial charge in [-0.3, -0.25) is 4.98 Å². The number of allylic oxidation sites excluding steroid dienone is 1. The van der Waals surface area contributed by atoms with Crippen molar-refractivity contribution in [2.75, 3.05) is 26.7 Å². The molecule has 0 amide bonds. The Labute approximate surface area is 164 Å². The second-order valence-electron chi connectivity index (χ2n) is 6.89. The Bertz CT molecular complexity index is 936. The van der Waals surface area contributed by atoms with Gasteiger partial charge in [-0.2, -0.15) is 0 Å². The van der Waals surface area contributed by atoms with E-state index in [0.717, 1.165) is 29.9 Å². The van der Waals surface area contributed by atoms with Gasteiger partial charge in [0, 0.05) is 18.9 Å². The fourth-order valence-corrected chi connectivity index (χ4v) is 3.13. The molecule has 7 heteroatoms. The number of alkyl halides is 1. The molecule has 1 unspecified atom stereocenters. The van der Waals surface area contributed by atoms with Crippen LogP contribution in [-0.4, -0.2) is 42.4 Å². The Morgan fingerprint density at radius 3 is 2.79 bits per heavy atom. The van der Waals surface area contributed by atoms with Gasteiger partial charge in [0.25, 0.3) is 0 Å². The molecule has 3 rings (SSSR count). The number of hydrogen-bond acceptors (Lipinski definition) is 6. The van der Waals surface area contributed by atoms with Crippen molar-refractivity contribution in [2.24, 2.45) is 5.73 Å². The van der Waals surface area contributed by atoms with E-state index < -0.39 is 5.67 Å². The Morgan fingerprint density at radius 1 is 1.36 bits per heavy atom. The fraction of sp³-hybridized carbons (Fsp3) is 0.333. The molecule has 4 N–H and O–H groups in total. The van der Waals surface area contributed by atoms with Gasteiger partial charge in [-0.05, 0) is 48.7 Å². The van der Waals surface area contributed by atoms with Gasteiger partial charge in [0.1, 0.15) is 22.6 Å². The van der Waals surface area contributed by atoms with Gasteiger partial charge < -0.3 is 21.1 Å². The van der Waals surface area contributed by atoms with Gasteiger partial charge in [0.2, 0.25) is 0 Å². The van der Waals surface area contributed by atoms with Crippen LogP contribution in [0.1, 0.15) is 18.4 Å². The van der Waals surface area contributed by atoms with E-state index in [2.05, 4.69) is 27.2 Å². The molecule has 1 aliphatic rings. The molecule has 1 fully saturated rings. The number of methoxy groups -OCH3 is 1. The zero-order valence-corrected chi connectivity index (χ0v) is 16.0. The van der Waals surface area contributed by atoms with Crippen LogP contribution in [0, 0.1) is 0 Å². The summed E-state index contributed by atoms with van der Waals surface area (Å²) in [4.78, 5) is 8.68. The summed E-state index contributed by atoms with van der Waals surface area (Å²) in [6.45, 7) is 5.40. The highest BCUT2D eigenvalue weighted by atomic mass is 19.1. The summed E-state index contributed by atoms with van der Waals surface area (Å²) in [6.07, 6.45) is 6.28. The van der Waals surface area contributed by atoms with Crippen molar-refractivity contribution in [2.45, 2.75) is 18.5 Å². The number of piperidine rings is 1. The Morgan fingerprint density at radius 2 is 2.11 bits per heavy atom. The summed E-state index contributed by atoms with van der Waals surface area (Å²) in [5.74, 6) is 1.07. The first-order chi connectivity index (χ1) is 13.5. The lowest BCUT2D eigenvalue weighted by Crippen LogP contribution is -2.50. The van der Waals surface area contributed by atoms with Gasteiger partial charge in [-0.15, -0.1) is 0 Å². The highest BCUT2D eigenvalue weighted by Gasteiger charge is 2.31. The molecule has 1 atom stereocenters. The minimum Gasteiger partial charge on any atom is -0.497 e. The zero-order valence-electron chi connectivity index (χ0n) is 16.0. The van der Waals surface area contributed by atoms with Gasteiger partial charge in [-0.25, -0.2) is 9.37 Å². The molecule has 2 aromatic rings. The third-order valence-electron chi connectivity index (χ3n) is 4.77. The second kappa shape index (κ2) is 8.84. The average Bonchev–Trinajstić information content (AvgIpc) is 2.73. The van der Waals surface area contributed by atoms with Crippen LogP contribution in [0.25, 0.3) is 17.5 Å². The van der Waals surface area contributed by atoms with E-state index in [1.807, 2.05) is 30.3 Å². The number of ether oxygens (including phenoxy) is 1. The lowest BCUT2D eigenvalue weighted by Gasteiger charge is -2.30. The van der Waals surface area contributed by atoms with Crippen LogP contribution < -0.4 is 31.8 Å². The van der Waals surface area contributed by atoms with E-state index in [9.17, 15) is 4.39 Å². The van der Waals surface area contributed by atoms with Crippen LogP contribution >= 0.6 is 0 Å². The van der Waals surface area contributed by atoms with Gasteiger partial charge >= 0.3 is 0 Å². The topological polar surface area (TPSA) is 85.1 Å². The summed E-state index contributed by atoms with van der Waals surface area (Å²) in [6, 6.07) is 7.57. The molecule has 28 heavy (non-hydrogen) atoms. The maximum atomic E-state index is 14.8. The summed E-state index contributed by atoms with van der Waals surface area (Å²) in [5, 5.41) is 7.12. The average molecular weight is 383 g/mol. The lowest BCUT2D eigenvalue weighted by molar-refractivity contribution is 0.125. The predicted molar refractivity (Wildman–Crippen MR) is 109 cm³/mol. The molecular weight excluding hydrogens is 357 g/mol. The van der Waals surface area contributed by atoms with Gasteiger partial charge in [0.15, 0.2) is 0 Å². The first kappa shape index (κ1) is 19.8. The molecule has 1 aliphatic heterocycles. The van der Waals surface area contributed by atoms with Crippen molar-refractivity contribution in [3.05, 3.63) is 59.5 Å². The molecule has 0 bridgehead atoms. The maximum Gasteiger partial charge on any atom is 0.140 e. The molecule has 0 aliphatic carbocycles. The van der Waals surface area contributed by atoms with Crippen molar-refractivity contribution in [3.8, 4) is 5.75 Å². The SMILES string of the molecule is C=C(/C=c1/nccn/c1=C(/N)NCC1(F)CCCNC1)c1ccc(OC)cc1. The van der Waals surface area contributed by atoms with Crippen LogP contribution in [0.3, 0.4) is 0 Å². The van der Waals surface area contributed by atoms with Crippen molar-refractivity contribution >= 4 is 17.5 Å². The number of nitrogens with one attached hydrogen (secondary N) is 2. The van der Waals surface area contributed by atoms with E-state index in [0.29, 0.717) is 29.5 Å². The van der Waals surface area contributed by atoms with Crippen LogP contribution in [0.4, 0.5) is 4.39 Å². The minimum absolute atomic E-state index is 0.126. The van der Waals surface area contributed by atoms with E-state index in [1.165, 1.54) is 0 Å². The second-order valence-corrected chi connectivity index (χ2v) is 6.89. The number of nitrogens with zero attached hydrogens (tertiary/aromatic N) is 2. The number of aromatic nitrogens is 2. The number of nitrogens with two attached hydrogens (primary N) is 1. The molecule has 0 radical (unpaired) electrons. The van der Waals surface area contributed by atoms with Crippen LogP contribution in [0.2, 0.25) is 0 Å². The number of hydrogen-bond donors (Lipinski definition) is 3. The molecular formula is C21H26FN5O. The smallest absolute Gasteiger partial charge is 0.140 e. The third-order valence-corrected chi connectivity index (χ3v) is 4.77. The predicted octanol–water partition coefficient (Wildman–Crippen LogP) is 0.685. The van der Waals surface area contributed by atoms with Crippen molar-refractivity contribution < 1.29 is 9.13 Å². The Kier molecular flexibility index (Phi) is 6.26. The number of benzene rings is 1. The Balaban J connectivity index is 1.85. The van der Waals surface area contributed by atoms with Gasteiger partial charge in [0.05, 0.1) is 19.0 Å². The van der Waals surface area contributed by atoms with E-state index in [-0.39, 0.29) is 6.54 Å². The molecule has 1 aromatic carbocycles. The van der Waals surface area contributed by atoms with Gasteiger partial charge in [-0.1, -0.05) is 18.7 Å². The molecule has 1 saturated heterocycles. The highest BCUT2D eigenvalue weighted by Crippen LogP contribution is 2.20. The largest absolute Gasteiger partial charge is 0.497 e. The monoisotopic (exact) mass is 383 g/mol. The number of halogens is 1. The summed E-state index contributed by atoms with van der Waals surface area (Å²) in [7, 11) is 1.62. The van der Waals surface area contributed by atoms with Crippen molar-refractivity contribution in [3.63, 3.8) is 0 Å². The van der Waals surface area contributed by atoms with Crippen molar-refractivity contribution in [1.82, 2.24) is 20.6 Å². The van der Waals surface area contributed by atoms with E-state index in [4.69, 9.17) is 10.5 Å². The van der Waals surface area contributed by atoms with Crippen LogP contribution in [0.15, 0.2) is 43.2 Å². The standard InChI is InChI=1S/C21H26FN5O/c1-15(16-4-6-17(28-2)7-5-16)12-18-19(26-11-10-25-18)20(23)27-14-21(22)8-3-9-24-13-21/h4-7,10-12,24,27H,1,3,8-9,13-14,23H2,2H3/b18-12+,20-19-. The first-order valence-electron chi connectivity index (χ1n) is 9.26. The summed E-state index contributed by atoms with van der Waals surface area (Å²) >= 11 is 0. The molecule has 0 saturated carbocycles. The van der Waals surface area contributed by atoms with Crippen LogP contribution in [0.5, 0.6) is 5.75 Å². The first-order valence-corrected chi connectivity index (χ1v) is 9.26. The summed E-state index contributed by atoms with van der Waals surface area (Å²) in [5.41, 5.74) is 6.55. The lowest BCUT2D eigenvalue weighted by atomic mass is 9.96. The zero-order chi connectivity index (χ0) is 20.0. The fourth-order valence-electron chi connectivity index (χ4n) is 3.13. The minimum atomic E-state index is -1.32. The molecule has 0 spiro atoms. The summed E-state index contributed by atoms with van der Waals surface area (Å²) < 4.78 is 20.0. The Hall–Kier alpha value is -2.93. The third kappa shape index (κ3) is 4.86. The molecule has 148 valence electrons. The molecule has 1 aromatic heterocycles. The maximum absolute atomic E-state index is 14.8. The highest BCUT2D eigenvalue weighted by molar-refractivity contribution is 5.86. The normalized spacial score (nSPS) is 21.1. The van der Waals surface area contributed by atoms with Crippen LogP contribution in [-0.2, 0) is 0 Å². The number of rotatable bonds is 6. The molecule has 6 nitrogen and oxygen atoms in total. The van der Waals surface area contributed by atoms with Crippen molar-refractivity contribution in [1.29, 1.82) is 0 Å². The quantitative estimate of drug-likeness (QED) is 0.681. The van der Waals surface area contributed by atoms with E-state index >= 15 is 0 Å².